The van der Waals surface area contributed by atoms with Gasteiger partial charge in [0.2, 0.25) is 0 Å². The van der Waals surface area contributed by atoms with Gasteiger partial charge in [0.25, 0.3) is 0 Å². The first-order valence-electron chi connectivity index (χ1n) is 4.85. The number of likely N-dealkylation sites (tertiary alicyclic amines) is 1. The van der Waals surface area contributed by atoms with E-state index in [0.717, 1.165) is 12.8 Å². The Morgan fingerprint density at radius 1 is 1.53 bits per heavy atom. The molecule has 1 N–H and O–H groups in total. The number of piperidine rings is 1. The van der Waals surface area contributed by atoms with E-state index < -0.39 is 12.1 Å². The monoisotopic (exact) mass is 216 g/mol. The number of amides is 1. The lowest BCUT2D eigenvalue weighted by molar-refractivity contribution is -0.267. The summed E-state index contributed by atoms with van der Waals surface area (Å²) in [6.45, 7) is 0.831. The number of hydrogen-bond acceptors (Lipinski definition) is 4. The Kier molecular flexibility index (Phi) is 4.36. The fraction of sp³-hybridized carbons (Fsp3) is 0.778. The summed E-state index contributed by atoms with van der Waals surface area (Å²) < 4.78 is 4.92. The maximum absolute atomic E-state index is 10.6. The fourth-order valence-corrected chi connectivity index (χ4v) is 1.68. The number of carbonyl (C=O) groups is 2. The molecule has 0 spiro atoms. The minimum Gasteiger partial charge on any atom is -0.530 e. The molecule has 1 rings (SSSR count). The minimum atomic E-state index is -1.17. The van der Waals surface area contributed by atoms with Gasteiger partial charge in [-0.2, -0.15) is 0 Å². The molecule has 1 aliphatic rings. The topological polar surface area (TPSA) is 89.9 Å². The lowest BCUT2D eigenvalue weighted by Crippen LogP contribution is -2.47. The Morgan fingerprint density at radius 2 is 2.27 bits per heavy atom. The van der Waals surface area contributed by atoms with E-state index in [0.29, 0.717) is 13.1 Å². The fourth-order valence-electron chi connectivity index (χ4n) is 1.68. The molecule has 15 heavy (non-hydrogen) atoms. The number of aliphatic carboxylic acids is 1. The number of carboxylic acid groups (broad SMARTS) is 2. The lowest BCUT2D eigenvalue weighted by atomic mass is 9.99. The van der Waals surface area contributed by atoms with Gasteiger partial charge in [0, 0.05) is 13.1 Å². The van der Waals surface area contributed by atoms with Gasteiger partial charge in [0.1, 0.15) is 12.7 Å². The van der Waals surface area contributed by atoms with Crippen LogP contribution in [0.3, 0.4) is 0 Å². The van der Waals surface area contributed by atoms with Crippen molar-refractivity contribution in [3.8, 4) is 0 Å². The van der Waals surface area contributed by atoms with Crippen molar-refractivity contribution in [1.82, 2.24) is 4.90 Å². The molecule has 0 radical (unpaired) electrons. The Labute approximate surface area is 87.4 Å². The van der Waals surface area contributed by atoms with Gasteiger partial charge >= 0.3 is 5.97 Å². The summed E-state index contributed by atoms with van der Waals surface area (Å²) >= 11 is 0. The summed E-state index contributed by atoms with van der Waals surface area (Å²) in [6.07, 6.45) is 0.469. The van der Waals surface area contributed by atoms with Crippen LogP contribution in [-0.2, 0) is 9.53 Å². The van der Waals surface area contributed by atoms with Crippen molar-refractivity contribution >= 4 is 12.1 Å². The Bertz CT molecular complexity index is 243. The molecule has 6 heteroatoms. The summed E-state index contributed by atoms with van der Waals surface area (Å²) in [5, 5.41) is 18.9. The van der Waals surface area contributed by atoms with Crippen molar-refractivity contribution in [2.24, 2.45) is 5.92 Å². The predicted octanol–water partition coefficient (Wildman–Crippen LogP) is -0.857. The molecule has 1 saturated heterocycles. The van der Waals surface area contributed by atoms with E-state index in [4.69, 9.17) is 9.84 Å². The first kappa shape index (κ1) is 11.8. The minimum absolute atomic E-state index is 0.0796. The van der Waals surface area contributed by atoms with E-state index >= 15 is 0 Å². The number of hydrogen-bond donors (Lipinski definition) is 1. The molecule has 1 fully saturated rings. The van der Waals surface area contributed by atoms with Crippen molar-refractivity contribution < 1.29 is 24.5 Å². The average molecular weight is 216 g/mol. The van der Waals surface area contributed by atoms with Gasteiger partial charge in [-0.25, -0.2) is 4.79 Å². The Morgan fingerprint density at radius 3 is 2.87 bits per heavy atom. The number of rotatable bonds is 4. The molecule has 1 heterocycles. The zero-order valence-corrected chi connectivity index (χ0v) is 8.35. The third-order valence-corrected chi connectivity index (χ3v) is 2.36. The SMILES string of the molecule is O=C(O)COCC1CCCN(C(=O)[O-])C1. The van der Waals surface area contributed by atoms with Gasteiger partial charge < -0.3 is 24.6 Å². The molecule has 6 nitrogen and oxygen atoms in total. The van der Waals surface area contributed by atoms with Gasteiger partial charge in [0.15, 0.2) is 0 Å². The molecule has 0 aromatic rings. The van der Waals surface area contributed by atoms with Crippen LogP contribution in [0.2, 0.25) is 0 Å². The number of carbonyl (C=O) groups excluding carboxylic acids is 1. The second-order valence-corrected chi connectivity index (χ2v) is 3.63. The van der Waals surface area contributed by atoms with Gasteiger partial charge in [0.05, 0.1) is 6.61 Å². The second kappa shape index (κ2) is 5.55. The molecule has 1 aliphatic heterocycles. The van der Waals surface area contributed by atoms with Crippen LogP contribution < -0.4 is 5.11 Å². The quantitative estimate of drug-likeness (QED) is 0.660. The zero-order valence-electron chi connectivity index (χ0n) is 8.35. The van der Waals surface area contributed by atoms with E-state index in [1.165, 1.54) is 4.90 Å². The van der Waals surface area contributed by atoms with E-state index in [1.807, 2.05) is 0 Å². The van der Waals surface area contributed by atoms with E-state index in [1.54, 1.807) is 0 Å². The molecule has 1 amide bonds. The zero-order chi connectivity index (χ0) is 11.3. The number of carboxylic acids is 1. The molecular formula is C9H14NO5-. The summed E-state index contributed by atoms with van der Waals surface area (Å²) in [6, 6.07) is 0. The first-order valence-corrected chi connectivity index (χ1v) is 4.85. The van der Waals surface area contributed by atoms with Crippen LogP contribution >= 0.6 is 0 Å². The normalized spacial score (nSPS) is 21.3. The molecule has 1 unspecified atom stereocenters. The lowest BCUT2D eigenvalue weighted by Gasteiger charge is -2.34. The van der Waals surface area contributed by atoms with Gasteiger partial charge in [-0.15, -0.1) is 0 Å². The van der Waals surface area contributed by atoms with Crippen molar-refractivity contribution in [2.75, 3.05) is 26.3 Å². The molecule has 86 valence electrons. The van der Waals surface area contributed by atoms with Crippen LogP contribution in [0.1, 0.15) is 12.8 Å². The van der Waals surface area contributed by atoms with E-state index in [-0.39, 0.29) is 19.1 Å². The molecule has 0 bridgehead atoms. The smallest absolute Gasteiger partial charge is 0.329 e. The van der Waals surface area contributed by atoms with Crippen LogP contribution in [0.25, 0.3) is 0 Å². The predicted molar refractivity (Wildman–Crippen MR) is 48.1 cm³/mol. The molecular weight excluding hydrogens is 202 g/mol. The van der Waals surface area contributed by atoms with Crippen LogP contribution in [-0.4, -0.2) is 48.4 Å². The average Bonchev–Trinajstić information content (AvgIpc) is 2.17. The standard InChI is InChI=1S/C9H15NO5/c11-8(12)6-15-5-7-2-1-3-10(4-7)9(13)14/h7H,1-6H2,(H,11,12)(H,13,14)/p-1. The molecule has 0 aliphatic carbocycles. The van der Waals surface area contributed by atoms with Gasteiger partial charge in [-0.1, -0.05) is 0 Å². The largest absolute Gasteiger partial charge is 0.530 e. The molecule has 1 atom stereocenters. The highest BCUT2D eigenvalue weighted by Gasteiger charge is 2.19. The van der Waals surface area contributed by atoms with Gasteiger partial charge in [-0.3, -0.25) is 0 Å². The third kappa shape index (κ3) is 4.16. The van der Waals surface area contributed by atoms with Crippen LogP contribution in [0.4, 0.5) is 4.79 Å². The number of ether oxygens (including phenoxy) is 1. The first-order chi connectivity index (χ1) is 7.09. The third-order valence-electron chi connectivity index (χ3n) is 2.36. The molecule has 0 saturated carbocycles. The Hall–Kier alpha value is -1.30. The van der Waals surface area contributed by atoms with Gasteiger partial charge in [-0.05, 0) is 18.8 Å². The Balaban J connectivity index is 2.24. The number of nitrogens with zero attached hydrogens (tertiary/aromatic N) is 1. The molecule has 0 aromatic heterocycles. The summed E-state index contributed by atoms with van der Waals surface area (Å²) in [5.74, 6) is -0.932. The highest BCUT2D eigenvalue weighted by atomic mass is 16.5. The maximum atomic E-state index is 10.6. The van der Waals surface area contributed by atoms with E-state index in [2.05, 4.69) is 0 Å². The van der Waals surface area contributed by atoms with Crippen molar-refractivity contribution in [1.29, 1.82) is 0 Å². The molecule has 0 aromatic carbocycles. The van der Waals surface area contributed by atoms with Crippen molar-refractivity contribution in [3.05, 3.63) is 0 Å². The van der Waals surface area contributed by atoms with Crippen molar-refractivity contribution in [2.45, 2.75) is 12.8 Å². The maximum Gasteiger partial charge on any atom is 0.329 e. The van der Waals surface area contributed by atoms with Crippen LogP contribution in [0, 0.1) is 5.92 Å². The van der Waals surface area contributed by atoms with Crippen LogP contribution in [0.5, 0.6) is 0 Å². The highest BCUT2D eigenvalue weighted by Crippen LogP contribution is 2.16. The van der Waals surface area contributed by atoms with E-state index in [9.17, 15) is 14.7 Å². The summed E-state index contributed by atoms with van der Waals surface area (Å²) in [5.41, 5.74) is 0. The summed E-state index contributed by atoms with van der Waals surface area (Å²) in [4.78, 5) is 22.0. The van der Waals surface area contributed by atoms with Crippen LogP contribution in [0.15, 0.2) is 0 Å². The second-order valence-electron chi connectivity index (χ2n) is 3.63. The summed E-state index contributed by atoms with van der Waals surface area (Å²) in [7, 11) is 0. The van der Waals surface area contributed by atoms with Crippen molar-refractivity contribution in [3.63, 3.8) is 0 Å². The highest BCUT2D eigenvalue weighted by molar-refractivity contribution is 5.68.